The van der Waals surface area contributed by atoms with Gasteiger partial charge < -0.3 is 15.4 Å². The van der Waals surface area contributed by atoms with Crippen molar-refractivity contribution in [3.8, 4) is 0 Å². The van der Waals surface area contributed by atoms with E-state index in [2.05, 4.69) is 20.6 Å². The number of anilines is 2. The zero-order chi connectivity index (χ0) is 16.9. The van der Waals surface area contributed by atoms with E-state index >= 15 is 0 Å². The number of para-hydroxylation sites is 1. The first-order chi connectivity index (χ1) is 11.7. The Morgan fingerprint density at radius 2 is 2.04 bits per heavy atom. The quantitative estimate of drug-likeness (QED) is 0.792. The number of nitrogens with zero attached hydrogens (tertiary/aromatic N) is 2. The summed E-state index contributed by atoms with van der Waals surface area (Å²) in [7, 11) is 0. The predicted molar refractivity (Wildman–Crippen MR) is 89.0 cm³/mol. The van der Waals surface area contributed by atoms with Crippen molar-refractivity contribution in [2.45, 2.75) is 25.8 Å². The SMILES string of the molecule is CCOC(=O)c1ccccc1NC(=O)c1cc(NC2CC2)ncn1. The Labute approximate surface area is 139 Å². The lowest BCUT2D eigenvalue weighted by Gasteiger charge is -2.10. The fraction of sp³-hybridized carbons (Fsp3) is 0.294. The topological polar surface area (TPSA) is 93.2 Å². The lowest BCUT2D eigenvalue weighted by molar-refractivity contribution is 0.0527. The molecule has 1 heterocycles. The van der Waals surface area contributed by atoms with E-state index in [-0.39, 0.29) is 12.3 Å². The second-order valence-corrected chi connectivity index (χ2v) is 5.43. The summed E-state index contributed by atoms with van der Waals surface area (Å²) in [5.74, 6) is -0.267. The third kappa shape index (κ3) is 3.87. The minimum atomic E-state index is -0.479. The molecule has 1 amide bonds. The Morgan fingerprint density at radius 1 is 1.25 bits per heavy atom. The first-order valence-electron chi connectivity index (χ1n) is 7.83. The Kier molecular flexibility index (Phi) is 4.69. The lowest BCUT2D eigenvalue weighted by atomic mass is 10.1. The maximum atomic E-state index is 12.4. The molecule has 0 saturated heterocycles. The first kappa shape index (κ1) is 15.9. The molecule has 0 radical (unpaired) electrons. The van der Waals surface area contributed by atoms with Gasteiger partial charge in [0.15, 0.2) is 0 Å². The average molecular weight is 326 g/mol. The van der Waals surface area contributed by atoms with Crippen LogP contribution in [0.4, 0.5) is 11.5 Å². The average Bonchev–Trinajstić information content (AvgIpc) is 3.40. The maximum absolute atomic E-state index is 12.4. The number of carbonyl (C=O) groups is 2. The molecule has 1 aliphatic rings. The fourth-order valence-corrected chi connectivity index (χ4v) is 2.16. The van der Waals surface area contributed by atoms with Gasteiger partial charge in [0, 0.05) is 12.1 Å². The molecule has 1 aromatic carbocycles. The summed E-state index contributed by atoms with van der Waals surface area (Å²) in [5.41, 5.74) is 0.918. The number of nitrogens with one attached hydrogen (secondary N) is 2. The number of aromatic nitrogens is 2. The van der Waals surface area contributed by atoms with Gasteiger partial charge in [0.1, 0.15) is 17.8 Å². The molecule has 1 aliphatic carbocycles. The number of ether oxygens (including phenoxy) is 1. The minimum absolute atomic E-state index is 0.229. The predicted octanol–water partition coefficient (Wildman–Crippen LogP) is 2.48. The number of hydrogen-bond donors (Lipinski definition) is 2. The van der Waals surface area contributed by atoms with Gasteiger partial charge in [-0.15, -0.1) is 0 Å². The molecule has 0 aliphatic heterocycles. The van der Waals surface area contributed by atoms with Gasteiger partial charge in [-0.1, -0.05) is 12.1 Å². The van der Waals surface area contributed by atoms with Crippen molar-refractivity contribution < 1.29 is 14.3 Å². The normalized spacial score (nSPS) is 13.2. The molecule has 0 unspecified atom stereocenters. The number of rotatable bonds is 6. The van der Waals surface area contributed by atoms with E-state index in [1.807, 2.05) is 0 Å². The molecule has 0 atom stereocenters. The van der Waals surface area contributed by atoms with E-state index in [4.69, 9.17) is 4.74 Å². The van der Waals surface area contributed by atoms with E-state index in [1.165, 1.54) is 6.33 Å². The van der Waals surface area contributed by atoms with Crippen LogP contribution in [0.3, 0.4) is 0 Å². The van der Waals surface area contributed by atoms with Gasteiger partial charge in [-0.25, -0.2) is 14.8 Å². The van der Waals surface area contributed by atoms with Crippen LogP contribution in [0.1, 0.15) is 40.6 Å². The van der Waals surface area contributed by atoms with Crippen molar-refractivity contribution in [2.24, 2.45) is 0 Å². The van der Waals surface area contributed by atoms with Crippen LogP contribution in [0.25, 0.3) is 0 Å². The van der Waals surface area contributed by atoms with Crippen molar-refractivity contribution in [2.75, 3.05) is 17.2 Å². The summed E-state index contributed by atoms with van der Waals surface area (Å²) < 4.78 is 5.00. The summed E-state index contributed by atoms with van der Waals surface area (Å²) >= 11 is 0. The molecule has 0 bridgehead atoms. The summed E-state index contributed by atoms with van der Waals surface area (Å²) in [6, 6.07) is 8.73. The van der Waals surface area contributed by atoms with Crippen LogP contribution < -0.4 is 10.6 Å². The van der Waals surface area contributed by atoms with Crippen molar-refractivity contribution in [1.29, 1.82) is 0 Å². The number of amides is 1. The molecular weight excluding hydrogens is 308 g/mol. The van der Waals surface area contributed by atoms with E-state index < -0.39 is 11.9 Å². The van der Waals surface area contributed by atoms with E-state index in [9.17, 15) is 9.59 Å². The monoisotopic (exact) mass is 326 g/mol. The van der Waals surface area contributed by atoms with Gasteiger partial charge in [0.05, 0.1) is 17.9 Å². The molecule has 1 fully saturated rings. The summed E-state index contributed by atoms with van der Waals surface area (Å²) in [5, 5.41) is 5.92. The molecule has 124 valence electrons. The highest BCUT2D eigenvalue weighted by molar-refractivity contribution is 6.07. The van der Waals surface area contributed by atoms with Crippen LogP contribution in [0.15, 0.2) is 36.7 Å². The number of carbonyl (C=O) groups excluding carboxylic acids is 2. The highest BCUT2D eigenvalue weighted by atomic mass is 16.5. The van der Waals surface area contributed by atoms with Crippen LogP contribution in [0.5, 0.6) is 0 Å². The molecule has 7 heteroatoms. The largest absolute Gasteiger partial charge is 0.462 e. The zero-order valence-corrected chi connectivity index (χ0v) is 13.3. The van der Waals surface area contributed by atoms with Crippen molar-refractivity contribution in [1.82, 2.24) is 9.97 Å². The third-order valence-corrected chi connectivity index (χ3v) is 3.50. The van der Waals surface area contributed by atoms with Gasteiger partial charge >= 0.3 is 5.97 Å². The van der Waals surface area contributed by atoms with Crippen molar-refractivity contribution in [3.05, 3.63) is 47.9 Å². The molecule has 2 N–H and O–H groups in total. The zero-order valence-electron chi connectivity index (χ0n) is 13.3. The van der Waals surface area contributed by atoms with E-state index in [1.54, 1.807) is 37.3 Å². The smallest absolute Gasteiger partial charge is 0.340 e. The highest BCUT2D eigenvalue weighted by Gasteiger charge is 2.22. The van der Waals surface area contributed by atoms with Crippen LogP contribution in [0.2, 0.25) is 0 Å². The lowest BCUT2D eigenvalue weighted by Crippen LogP contribution is -2.17. The molecule has 0 spiro atoms. The third-order valence-electron chi connectivity index (χ3n) is 3.50. The van der Waals surface area contributed by atoms with Gasteiger partial charge in [0.2, 0.25) is 0 Å². The molecule has 1 saturated carbocycles. The molecule has 1 aromatic heterocycles. The Morgan fingerprint density at radius 3 is 2.79 bits per heavy atom. The van der Waals surface area contributed by atoms with E-state index in [0.29, 0.717) is 23.1 Å². The summed E-state index contributed by atoms with van der Waals surface area (Å²) in [6.07, 6.45) is 3.56. The number of hydrogen-bond acceptors (Lipinski definition) is 6. The van der Waals surface area contributed by atoms with Crippen LogP contribution in [-0.2, 0) is 4.74 Å². The summed E-state index contributed by atoms with van der Waals surface area (Å²) in [4.78, 5) is 32.5. The van der Waals surface area contributed by atoms with Gasteiger partial charge in [-0.2, -0.15) is 0 Å². The Balaban J connectivity index is 1.76. The van der Waals surface area contributed by atoms with Gasteiger partial charge in [0.25, 0.3) is 5.91 Å². The Hall–Kier alpha value is -2.96. The molecule has 24 heavy (non-hydrogen) atoms. The van der Waals surface area contributed by atoms with Crippen LogP contribution >= 0.6 is 0 Å². The van der Waals surface area contributed by atoms with Crippen LogP contribution in [-0.4, -0.2) is 34.5 Å². The van der Waals surface area contributed by atoms with E-state index in [0.717, 1.165) is 12.8 Å². The van der Waals surface area contributed by atoms with Gasteiger partial charge in [-0.05, 0) is 31.9 Å². The second-order valence-electron chi connectivity index (χ2n) is 5.43. The maximum Gasteiger partial charge on any atom is 0.340 e. The fourth-order valence-electron chi connectivity index (χ4n) is 2.16. The molecular formula is C17H18N4O3. The molecule has 7 nitrogen and oxygen atoms in total. The molecule has 2 aromatic rings. The minimum Gasteiger partial charge on any atom is -0.462 e. The van der Waals surface area contributed by atoms with Crippen molar-refractivity contribution >= 4 is 23.4 Å². The number of esters is 1. The Bertz CT molecular complexity index is 759. The van der Waals surface area contributed by atoms with Crippen molar-refractivity contribution in [3.63, 3.8) is 0 Å². The molecule has 3 rings (SSSR count). The standard InChI is InChI=1S/C17H18N4O3/c1-2-24-17(23)12-5-3-4-6-13(12)21-16(22)14-9-15(19-10-18-14)20-11-7-8-11/h3-6,9-11H,2,7-8H2,1H3,(H,21,22)(H,18,19,20). The second kappa shape index (κ2) is 7.08. The van der Waals surface area contributed by atoms with Gasteiger partial charge in [-0.3, -0.25) is 4.79 Å². The first-order valence-corrected chi connectivity index (χ1v) is 7.83. The number of benzene rings is 1. The summed E-state index contributed by atoms with van der Waals surface area (Å²) in [6.45, 7) is 2.00. The highest BCUT2D eigenvalue weighted by Crippen LogP contribution is 2.23. The van der Waals surface area contributed by atoms with Crippen LogP contribution in [0, 0.1) is 0 Å².